The summed E-state index contributed by atoms with van der Waals surface area (Å²) in [5.41, 5.74) is 3.29. The lowest BCUT2D eigenvalue weighted by Gasteiger charge is -2.32. The van der Waals surface area contributed by atoms with Gasteiger partial charge in [0.25, 0.3) is 0 Å². The van der Waals surface area contributed by atoms with E-state index in [1.165, 1.54) is 0 Å². The van der Waals surface area contributed by atoms with Crippen LogP contribution in [0.3, 0.4) is 0 Å². The number of nitrogens with zero attached hydrogens (tertiary/aromatic N) is 3. The van der Waals surface area contributed by atoms with Gasteiger partial charge in [-0.2, -0.15) is 0 Å². The number of phenols is 1. The second kappa shape index (κ2) is 7.19. The third-order valence-corrected chi connectivity index (χ3v) is 4.46. The van der Waals surface area contributed by atoms with Gasteiger partial charge in [-0.25, -0.2) is 0 Å². The Morgan fingerprint density at radius 2 is 2.12 bits per heavy atom. The number of ether oxygens (including phenoxy) is 1. The summed E-state index contributed by atoms with van der Waals surface area (Å²) in [6.07, 6.45) is 0.0679. The topological polar surface area (TPSA) is 75.6 Å². The first-order chi connectivity index (χ1) is 12.0. The molecule has 0 saturated carbocycles. The molecule has 6 heteroatoms. The normalized spacial score (nSPS) is 17.6. The first-order valence-corrected chi connectivity index (χ1v) is 8.53. The highest BCUT2D eigenvalue weighted by Crippen LogP contribution is 2.32. The Hall–Kier alpha value is -2.47. The second-order valence-electron chi connectivity index (χ2n) is 6.38. The molecule has 1 N–H and O–H groups in total. The van der Waals surface area contributed by atoms with Crippen LogP contribution in [0, 0.1) is 13.8 Å². The van der Waals surface area contributed by atoms with Crippen molar-refractivity contribution < 1.29 is 14.6 Å². The van der Waals surface area contributed by atoms with E-state index in [-0.39, 0.29) is 11.5 Å². The van der Waals surface area contributed by atoms with Crippen molar-refractivity contribution in [2.24, 2.45) is 0 Å². The summed E-state index contributed by atoms with van der Waals surface area (Å²) in [7, 11) is 0. The first kappa shape index (κ1) is 17.4. The molecule has 0 spiro atoms. The van der Waals surface area contributed by atoms with Gasteiger partial charge >= 0.3 is 0 Å². The van der Waals surface area contributed by atoms with Crippen molar-refractivity contribution in [2.75, 3.05) is 24.6 Å². The number of Topliss-reactive ketones (excluding diaryl/α,β-unsaturated/α-hetero) is 1. The molecule has 0 aliphatic carbocycles. The lowest BCUT2D eigenvalue weighted by Crippen LogP contribution is -2.46. The predicted octanol–water partition coefficient (Wildman–Crippen LogP) is 2.65. The fraction of sp³-hybridized carbons (Fsp3) is 0.421. The van der Waals surface area contributed by atoms with Crippen LogP contribution in [-0.4, -0.2) is 46.9 Å². The number of carbonyl (C=O) groups is 1. The van der Waals surface area contributed by atoms with Crippen LogP contribution >= 0.6 is 0 Å². The smallest absolute Gasteiger partial charge is 0.163 e. The molecule has 0 amide bonds. The van der Waals surface area contributed by atoms with Gasteiger partial charge in [0.15, 0.2) is 11.6 Å². The van der Waals surface area contributed by atoms with E-state index in [0.717, 1.165) is 11.1 Å². The number of phenolic OH excluding ortho intramolecular Hbond substituents is 1. The maximum Gasteiger partial charge on any atom is 0.163 e. The average molecular weight is 341 g/mol. The molecule has 1 unspecified atom stereocenters. The number of anilines is 1. The highest BCUT2D eigenvalue weighted by Gasteiger charge is 2.26. The third-order valence-electron chi connectivity index (χ3n) is 4.46. The van der Waals surface area contributed by atoms with E-state index >= 15 is 0 Å². The van der Waals surface area contributed by atoms with Crippen molar-refractivity contribution >= 4 is 11.6 Å². The minimum Gasteiger partial charge on any atom is -0.507 e. The van der Waals surface area contributed by atoms with Gasteiger partial charge in [0.05, 0.1) is 18.8 Å². The molecule has 25 heavy (non-hydrogen) atoms. The predicted molar refractivity (Wildman–Crippen MR) is 95.9 cm³/mol. The van der Waals surface area contributed by atoms with Gasteiger partial charge in [0.2, 0.25) is 0 Å². The number of rotatable bonds is 4. The van der Waals surface area contributed by atoms with Crippen molar-refractivity contribution in [3.63, 3.8) is 0 Å². The van der Waals surface area contributed by atoms with Crippen LogP contribution in [0.4, 0.5) is 5.82 Å². The number of aromatic hydroxyl groups is 1. The Bertz CT molecular complexity index is 751. The third kappa shape index (κ3) is 3.64. The summed E-state index contributed by atoms with van der Waals surface area (Å²) >= 11 is 0. The summed E-state index contributed by atoms with van der Waals surface area (Å²) < 4.78 is 5.55. The fourth-order valence-electron chi connectivity index (χ4n) is 3.19. The molecule has 3 rings (SSSR count). The molecule has 1 aromatic heterocycles. The van der Waals surface area contributed by atoms with E-state index in [0.29, 0.717) is 43.2 Å². The lowest BCUT2D eigenvalue weighted by atomic mass is 10.0. The number of carbonyl (C=O) groups excluding carboxylic acids is 1. The monoisotopic (exact) mass is 341 g/mol. The standard InChI is InChI=1S/C19H23N3O3/c1-4-15(23)17-11-22(7-8-25-17)18-6-5-14(20-21-18)19-13(3)9-12(2)10-16(19)24/h5-6,9-10,17,24H,4,7-8,11H2,1-3H3. The molecule has 1 saturated heterocycles. The molecule has 1 aromatic carbocycles. The Balaban J connectivity index is 1.82. The zero-order chi connectivity index (χ0) is 18.0. The summed E-state index contributed by atoms with van der Waals surface area (Å²) in [6, 6.07) is 7.46. The van der Waals surface area contributed by atoms with Crippen molar-refractivity contribution in [3.8, 4) is 17.0 Å². The Morgan fingerprint density at radius 1 is 1.32 bits per heavy atom. The van der Waals surface area contributed by atoms with Crippen LogP contribution in [0.5, 0.6) is 5.75 Å². The van der Waals surface area contributed by atoms with E-state index < -0.39 is 6.10 Å². The van der Waals surface area contributed by atoms with Gasteiger partial charge in [0, 0.05) is 18.5 Å². The summed E-state index contributed by atoms with van der Waals surface area (Å²) in [5, 5.41) is 18.8. The van der Waals surface area contributed by atoms with Crippen LogP contribution in [0.2, 0.25) is 0 Å². The number of morpholine rings is 1. The van der Waals surface area contributed by atoms with Gasteiger partial charge in [-0.3, -0.25) is 4.79 Å². The molecule has 1 aliphatic rings. The van der Waals surface area contributed by atoms with Gasteiger partial charge in [0.1, 0.15) is 11.9 Å². The van der Waals surface area contributed by atoms with Crippen LogP contribution in [-0.2, 0) is 9.53 Å². The Labute approximate surface area is 147 Å². The SMILES string of the molecule is CCC(=O)C1CN(c2ccc(-c3c(C)cc(C)cc3O)nn2)CCO1. The Morgan fingerprint density at radius 3 is 2.76 bits per heavy atom. The molecule has 0 bridgehead atoms. The van der Waals surface area contributed by atoms with Crippen molar-refractivity contribution in [1.29, 1.82) is 0 Å². The molecule has 1 fully saturated rings. The van der Waals surface area contributed by atoms with Crippen LogP contribution in [0.15, 0.2) is 24.3 Å². The van der Waals surface area contributed by atoms with E-state index in [4.69, 9.17) is 4.74 Å². The van der Waals surface area contributed by atoms with Crippen LogP contribution in [0.25, 0.3) is 11.3 Å². The number of hydrogen-bond donors (Lipinski definition) is 1. The summed E-state index contributed by atoms with van der Waals surface area (Å²) in [5.74, 6) is 1.03. The molecule has 0 radical (unpaired) electrons. The fourth-order valence-corrected chi connectivity index (χ4v) is 3.19. The lowest BCUT2D eigenvalue weighted by molar-refractivity contribution is -0.130. The highest BCUT2D eigenvalue weighted by molar-refractivity contribution is 5.83. The number of benzene rings is 1. The summed E-state index contributed by atoms with van der Waals surface area (Å²) in [6.45, 7) is 7.40. The van der Waals surface area contributed by atoms with Gasteiger partial charge in [-0.15, -0.1) is 10.2 Å². The largest absolute Gasteiger partial charge is 0.507 e. The van der Waals surface area contributed by atoms with E-state index in [9.17, 15) is 9.90 Å². The van der Waals surface area contributed by atoms with Crippen LogP contribution in [0.1, 0.15) is 24.5 Å². The zero-order valence-corrected chi connectivity index (χ0v) is 14.8. The van der Waals surface area contributed by atoms with E-state index in [1.54, 1.807) is 6.07 Å². The molecule has 132 valence electrons. The van der Waals surface area contributed by atoms with Crippen molar-refractivity contribution in [1.82, 2.24) is 10.2 Å². The molecule has 6 nitrogen and oxygen atoms in total. The molecular weight excluding hydrogens is 318 g/mol. The van der Waals surface area contributed by atoms with Crippen molar-refractivity contribution in [2.45, 2.75) is 33.3 Å². The maximum atomic E-state index is 11.9. The van der Waals surface area contributed by atoms with Gasteiger partial charge in [-0.1, -0.05) is 13.0 Å². The minimum atomic E-state index is -0.399. The number of aryl methyl sites for hydroxylation is 2. The second-order valence-corrected chi connectivity index (χ2v) is 6.38. The summed E-state index contributed by atoms with van der Waals surface area (Å²) in [4.78, 5) is 13.9. The molecule has 2 aromatic rings. The van der Waals surface area contributed by atoms with Gasteiger partial charge in [-0.05, 0) is 43.2 Å². The van der Waals surface area contributed by atoms with Crippen LogP contribution < -0.4 is 4.90 Å². The highest BCUT2D eigenvalue weighted by atomic mass is 16.5. The first-order valence-electron chi connectivity index (χ1n) is 8.53. The molecular formula is C19H23N3O3. The van der Waals surface area contributed by atoms with E-state index in [1.807, 2.05) is 43.9 Å². The quantitative estimate of drug-likeness (QED) is 0.921. The number of aromatic nitrogens is 2. The zero-order valence-electron chi connectivity index (χ0n) is 14.8. The number of ketones is 1. The minimum absolute atomic E-state index is 0.106. The average Bonchev–Trinajstić information content (AvgIpc) is 2.61. The molecule has 1 aliphatic heterocycles. The molecule has 2 heterocycles. The Kier molecular flexibility index (Phi) is 4.99. The molecule has 1 atom stereocenters. The van der Waals surface area contributed by atoms with Crippen molar-refractivity contribution in [3.05, 3.63) is 35.4 Å². The van der Waals surface area contributed by atoms with E-state index in [2.05, 4.69) is 10.2 Å². The number of hydrogen-bond acceptors (Lipinski definition) is 6. The maximum absolute atomic E-state index is 11.9. The van der Waals surface area contributed by atoms with Gasteiger partial charge < -0.3 is 14.7 Å².